The normalized spacial score (nSPS) is 14.3. The number of piperazine rings is 1. The molecule has 0 radical (unpaired) electrons. The maximum Gasteiger partial charge on any atom is 0.358 e. The molecule has 0 atom stereocenters. The molecule has 1 saturated heterocycles. The van der Waals surface area contributed by atoms with Crippen LogP contribution in [-0.4, -0.2) is 68.8 Å². The second kappa shape index (κ2) is 7.52. The van der Waals surface area contributed by atoms with E-state index in [0.29, 0.717) is 37.4 Å². The number of carbonyl (C=O) groups is 3. The lowest BCUT2D eigenvalue weighted by Gasteiger charge is -2.36. The fourth-order valence-corrected chi connectivity index (χ4v) is 2.89. The quantitative estimate of drug-likeness (QED) is 0.765. The van der Waals surface area contributed by atoms with Gasteiger partial charge in [0.1, 0.15) is 12.4 Å². The van der Waals surface area contributed by atoms with E-state index in [-0.39, 0.29) is 23.9 Å². The van der Waals surface area contributed by atoms with Crippen molar-refractivity contribution < 1.29 is 23.9 Å². The summed E-state index contributed by atoms with van der Waals surface area (Å²) in [5, 5.41) is 15.9. The van der Waals surface area contributed by atoms with Crippen LogP contribution in [0.2, 0.25) is 0 Å². The van der Waals surface area contributed by atoms with E-state index in [0.717, 1.165) is 0 Å². The van der Waals surface area contributed by atoms with Crippen molar-refractivity contribution in [2.45, 2.75) is 13.5 Å². The zero-order valence-electron chi connectivity index (χ0n) is 14.6. The fourth-order valence-electron chi connectivity index (χ4n) is 2.89. The van der Waals surface area contributed by atoms with Gasteiger partial charge in [-0.05, 0) is 25.1 Å². The van der Waals surface area contributed by atoms with Gasteiger partial charge in [0.25, 0.3) is 0 Å². The number of carboxylic acid groups (broad SMARTS) is 1. The summed E-state index contributed by atoms with van der Waals surface area (Å²) in [4.78, 5) is 37.9. The van der Waals surface area contributed by atoms with Crippen LogP contribution in [0.3, 0.4) is 0 Å². The summed E-state index contributed by atoms with van der Waals surface area (Å²) in [6, 6.07) is 4.38. The Morgan fingerprint density at radius 3 is 2.44 bits per heavy atom. The van der Waals surface area contributed by atoms with Crippen LogP contribution in [-0.2, 0) is 11.3 Å². The van der Waals surface area contributed by atoms with Crippen LogP contribution in [0.1, 0.15) is 27.8 Å². The minimum atomic E-state index is -1.21. The van der Waals surface area contributed by atoms with Gasteiger partial charge < -0.3 is 14.9 Å². The Kier molecular flexibility index (Phi) is 5.15. The number of nitrogens with zero attached hydrogens (tertiary/aromatic N) is 5. The molecule has 0 unspecified atom stereocenters. The summed E-state index contributed by atoms with van der Waals surface area (Å²) in [5.41, 5.74) is 0.491. The fraction of sp³-hybridized carbons (Fsp3) is 0.353. The molecule has 1 amide bonds. The summed E-state index contributed by atoms with van der Waals surface area (Å²) < 4.78 is 15.4. The Morgan fingerprint density at radius 1 is 1.19 bits per heavy atom. The van der Waals surface area contributed by atoms with Gasteiger partial charge in [0.15, 0.2) is 11.5 Å². The van der Waals surface area contributed by atoms with Crippen molar-refractivity contribution in [3.05, 3.63) is 41.5 Å². The number of Topliss-reactive ketones (excluding diaryl/α,β-unsaturated/α-hetero) is 1. The first-order valence-electron chi connectivity index (χ1n) is 8.32. The number of amides is 1. The summed E-state index contributed by atoms with van der Waals surface area (Å²) in [6.45, 7) is 2.95. The minimum Gasteiger partial charge on any atom is -0.476 e. The molecule has 1 aromatic carbocycles. The number of aromatic nitrogens is 3. The van der Waals surface area contributed by atoms with E-state index in [1.165, 1.54) is 23.9 Å². The van der Waals surface area contributed by atoms with E-state index in [1.54, 1.807) is 17.0 Å². The van der Waals surface area contributed by atoms with Crippen LogP contribution in [0, 0.1) is 5.82 Å². The van der Waals surface area contributed by atoms with Crippen molar-refractivity contribution in [3.63, 3.8) is 0 Å². The van der Waals surface area contributed by atoms with Crippen LogP contribution in [0.25, 0.3) is 0 Å². The molecule has 10 heteroatoms. The van der Waals surface area contributed by atoms with Crippen LogP contribution < -0.4 is 4.90 Å². The summed E-state index contributed by atoms with van der Waals surface area (Å²) >= 11 is 0. The first-order valence-corrected chi connectivity index (χ1v) is 8.32. The Hall–Kier alpha value is -3.30. The third-order valence-corrected chi connectivity index (χ3v) is 4.38. The van der Waals surface area contributed by atoms with E-state index >= 15 is 0 Å². The number of ketones is 1. The van der Waals surface area contributed by atoms with Crippen molar-refractivity contribution in [1.29, 1.82) is 0 Å². The van der Waals surface area contributed by atoms with E-state index < -0.39 is 11.8 Å². The van der Waals surface area contributed by atoms with Crippen molar-refractivity contribution >= 4 is 23.3 Å². The topological polar surface area (TPSA) is 109 Å². The molecule has 0 aliphatic carbocycles. The van der Waals surface area contributed by atoms with Crippen LogP contribution >= 0.6 is 0 Å². The number of benzene rings is 1. The molecule has 27 heavy (non-hydrogen) atoms. The van der Waals surface area contributed by atoms with Gasteiger partial charge in [-0.25, -0.2) is 13.9 Å². The number of hydrogen-bond acceptors (Lipinski definition) is 6. The van der Waals surface area contributed by atoms with Gasteiger partial charge in [-0.15, -0.1) is 5.10 Å². The molecular formula is C17H18FN5O4. The second-order valence-corrected chi connectivity index (χ2v) is 6.20. The summed E-state index contributed by atoms with van der Waals surface area (Å²) in [5.74, 6) is -2.09. The van der Waals surface area contributed by atoms with Gasteiger partial charge in [-0.1, -0.05) is 5.21 Å². The number of aromatic carboxylic acids is 1. The number of carbonyl (C=O) groups excluding carboxylic acids is 2. The van der Waals surface area contributed by atoms with Gasteiger partial charge in [0, 0.05) is 31.7 Å². The number of anilines is 1. The lowest BCUT2D eigenvalue weighted by molar-refractivity contribution is -0.132. The Balaban J connectivity index is 1.59. The Labute approximate surface area is 154 Å². The van der Waals surface area contributed by atoms with E-state index in [1.807, 2.05) is 4.90 Å². The first kappa shape index (κ1) is 18.5. The maximum atomic E-state index is 14.3. The van der Waals surface area contributed by atoms with Crippen molar-refractivity contribution in [1.82, 2.24) is 19.9 Å². The summed E-state index contributed by atoms with van der Waals surface area (Å²) in [6.07, 6.45) is 1.20. The molecule has 142 valence electrons. The van der Waals surface area contributed by atoms with Crippen molar-refractivity contribution in [3.8, 4) is 0 Å². The van der Waals surface area contributed by atoms with Gasteiger partial charge >= 0.3 is 5.97 Å². The van der Waals surface area contributed by atoms with E-state index in [2.05, 4.69) is 10.3 Å². The molecule has 1 N–H and O–H groups in total. The SMILES string of the molecule is CC(=O)c1ccc(N2CCN(C(=O)Cn3cc(C(=O)O)nn3)CC2)c(F)c1. The number of rotatable bonds is 5. The van der Waals surface area contributed by atoms with Gasteiger partial charge in [-0.3, -0.25) is 9.59 Å². The molecule has 1 aliphatic rings. The molecular weight excluding hydrogens is 357 g/mol. The molecule has 1 fully saturated rings. The lowest BCUT2D eigenvalue weighted by Crippen LogP contribution is -2.49. The molecule has 1 aliphatic heterocycles. The summed E-state index contributed by atoms with van der Waals surface area (Å²) in [7, 11) is 0. The Bertz CT molecular complexity index is 889. The third kappa shape index (κ3) is 4.10. The zero-order valence-corrected chi connectivity index (χ0v) is 14.6. The third-order valence-electron chi connectivity index (χ3n) is 4.38. The van der Waals surface area contributed by atoms with Crippen LogP contribution in [0.15, 0.2) is 24.4 Å². The van der Waals surface area contributed by atoms with Crippen LogP contribution in [0.4, 0.5) is 10.1 Å². The zero-order chi connectivity index (χ0) is 19.6. The highest BCUT2D eigenvalue weighted by Crippen LogP contribution is 2.22. The average Bonchev–Trinajstić information content (AvgIpc) is 3.10. The van der Waals surface area contributed by atoms with Gasteiger partial charge in [-0.2, -0.15) is 0 Å². The number of halogens is 1. The first-order chi connectivity index (χ1) is 12.8. The molecule has 1 aromatic heterocycles. The maximum absolute atomic E-state index is 14.3. The smallest absolute Gasteiger partial charge is 0.358 e. The highest BCUT2D eigenvalue weighted by molar-refractivity contribution is 5.94. The molecule has 3 rings (SSSR count). The average molecular weight is 375 g/mol. The molecule has 9 nitrogen and oxygen atoms in total. The van der Waals surface area contributed by atoms with Crippen LogP contribution in [0.5, 0.6) is 0 Å². The standard InChI is InChI=1S/C17H18FN5O4/c1-11(24)12-2-3-15(13(18)8-12)21-4-6-22(7-5-21)16(25)10-23-9-14(17(26)27)19-20-23/h2-3,8-9H,4-7,10H2,1H3,(H,26,27). The number of carboxylic acids is 1. The molecule has 0 bridgehead atoms. The minimum absolute atomic E-state index is 0.109. The monoisotopic (exact) mass is 375 g/mol. The van der Waals surface area contributed by atoms with Gasteiger partial charge in [0.2, 0.25) is 5.91 Å². The predicted octanol–water partition coefficient (Wildman–Crippen LogP) is 0.667. The lowest BCUT2D eigenvalue weighted by atomic mass is 10.1. The molecule has 2 heterocycles. The van der Waals surface area contributed by atoms with Crippen molar-refractivity contribution in [2.75, 3.05) is 31.1 Å². The molecule has 2 aromatic rings. The number of hydrogen-bond donors (Lipinski definition) is 1. The highest BCUT2D eigenvalue weighted by Gasteiger charge is 2.24. The predicted molar refractivity (Wildman–Crippen MR) is 92.2 cm³/mol. The van der Waals surface area contributed by atoms with E-state index in [4.69, 9.17) is 5.11 Å². The van der Waals surface area contributed by atoms with Gasteiger partial charge in [0.05, 0.1) is 11.9 Å². The Morgan fingerprint density at radius 2 is 1.89 bits per heavy atom. The molecule has 0 spiro atoms. The second-order valence-electron chi connectivity index (χ2n) is 6.20. The largest absolute Gasteiger partial charge is 0.476 e. The van der Waals surface area contributed by atoms with Crippen molar-refractivity contribution in [2.24, 2.45) is 0 Å². The highest BCUT2D eigenvalue weighted by atomic mass is 19.1. The molecule has 0 saturated carbocycles. The van der Waals surface area contributed by atoms with E-state index in [9.17, 15) is 18.8 Å².